The molecule has 0 aliphatic carbocycles. The fourth-order valence-electron chi connectivity index (χ4n) is 2.83. The van der Waals surface area contributed by atoms with Crippen molar-refractivity contribution in [2.45, 2.75) is 4.90 Å². The second-order valence-electron chi connectivity index (χ2n) is 5.98. The van der Waals surface area contributed by atoms with Crippen molar-refractivity contribution in [1.29, 1.82) is 0 Å². The van der Waals surface area contributed by atoms with Crippen LogP contribution in [0, 0.1) is 5.82 Å². The number of benzene rings is 2. The summed E-state index contributed by atoms with van der Waals surface area (Å²) in [6.07, 6.45) is 4.15. The lowest BCUT2D eigenvalue weighted by Gasteiger charge is -2.33. The number of hydrogen-bond acceptors (Lipinski definition) is 3. The average molecular weight is 360 g/mol. The minimum absolute atomic E-state index is 0.0184. The third-order valence-corrected chi connectivity index (χ3v) is 6.13. The van der Waals surface area contributed by atoms with E-state index in [4.69, 9.17) is 0 Å². The number of hydrogen-bond donors (Lipinski definition) is 0. The van der Waals surface area contributed by atoms with Gasteiger partial charge in [-0.2, -0.15) is 4.31 Å². The fraction of sp³-hybridized carbons (Fsp3) is 0.263. The standard InChI is InChI=1S/C19H21FN2O2S/c20-18-9-4-10-19(16-18)25(23,24)22-14-12-21(13-15-22)11-5-8-17-6-2-1-3-7-17/h1-10,16H,11-15H2. The van der Waals surface area contributed by atoms with Crippen molar-refractivity contribution < 1.29 is 12.8 Å². The van der Waals surface area contributed by atoms with E-state index in [1.165, 1.54) is 22.5 Å². The van der Waals surface area contributed by atoms with Crippen LogP contribution in [0.3, 0.4) is 0 Å². The summed E-state index contributed by atoms with van der Waals surface area (Å²) in [4.78, 5) is 2.22. The topological polar surface area (TPSA) is 40.6 Å². The number of piperazine rings is 1. The molecule has 0 bridgehead atoms. The summed E-state index contributed by atoms with van der Waals surface area (Å²) in [7, 11) is -3.62. The normalized spacial score (nSPS) is 17.2. The van der Waals surface area contributed by atoms with Crippen LogP contribution in [0.25, 0.3) is 6.08 Å². The Morgan fingerprint density at radius 3 is 2.36 bits per heavy atom. The van der Waals surface area contributed by atoms with Gasteiger partial charge >= 0.3 is 0 Å². The summed E-state index contributed by atoms with van der Waals surface area (Å²) in [5.74, 6) is -0.536. The SMILES string of the molecule is O=S(=O)(c1cccc(F)c1)N1CCN(CC=Cc2ccccc2)CC1. The quantitative estimate of drug-likeness (QED) is 0.823. The maximum Gasteiger partial charge on any atom is 0.243 e. The van der Waals surface area contributed by atoms with Crippen LogP contribution < -0.4 is 0 Å². The predicted octanol–water partition coefficient (Wildman–Crippen LogP) is 2.85. The molecule has 1 aliphatic heterocycles. The third-order valence-electron chi connectivity index (χ3n) is 4.24. The molecule has 0 unspecified atom stereocenters. The number of sulfonamides is 1. The molecule has 0 atom stereocenters. The molecule has 0 N–H and O–H groups in total. The number of rotatable bonds is 5. The van der Waals surface area contributed by atoms with Crippen molar-refractivity contribution in [1.82, 2.24) is 9.21 Å². The summed E-state index contributed by atoms with van der Waals surface area (Å²) in [5, 5.41) is 0. The van der Waals surface area contributed by atoms with Crippen LogP contribution in [0.15, 0.2) is 65.6 Å². The van der Waals surface area contributed by atoms with E-state index in [9.17, 15) is 12.8 Å². The van der Waals surface area contributed by atoms with Crippen LogP contribution in [0.5, 0.6) is 0 Å². The van der Waals surface area contributed by atoms with Crippen LogP contribution in [-0.2, 0) is 10.0 Å². The van der Waals surface area contributed by atoms with Crippen LogP contribution in [-0.4, -0.2) is 50.3 Å². The molecule has 6 heteroatoms. The van der Waals surface area contributed by atoms with Gasteiger partial charge in [-0.1, -0.05) is 48.6 Å². The van der Waals surface area contributed by atoms with Crippen LogP contribution in [0.4, 0.5) is 4.39 Å². The molecule has 2 aromatic rings. The Morgan fingerprint density at radius 1 is 0.960 bits per heavy atom. The van der Waals surface area contributed by atoms with E-state index >= 15 is 0 Å². The Morgan fingerprint density at radius 2 is 1.68 bits per heavy atom. The highest BCUT2D eigenvalue weighted by Crippen LogP contribution is 2.18. The van der Waals surface area contributed by atoms with Crippen molar-refractivity contribution in [3.63, 3.8) is 0 Å². The molecule has 1 saturated heterocycles. The van der Waals surface area contributed by atoms with E-state index in [0.29, 0.717) is 26.2 Å². The third kappa shape index (κ3) is 4.54. The summed E-state index contributed by atoms with van der Waals surface area (Å²) < 4.78 is 39.9. The molecular weight excluding hydrogens is 339 g/mol. The van der Waals surface area contributed by atoms with E-state index in [1.54, 1.807) is 0 Å². The van der Waals surface area contributed by atoms with Crippen molar-refractivity contribution >= 4 is 16.1 Å². The zero-order valence-corrected chi connectivity index (χ0v) is 14.7. The average Bonchev–Trinajstić information content (AvgIpc) is 2.63. The Labute approximate surface area is 148 Å². The minimum atomic E-state index is -3.62. The largest absolute Gasteiger partial charge is 0.297 e. The second kappa shape index (κ2) is 7.91. The maximum absolute atomic E-state index is 13.3. The first kappa shape index (κ1) is 17.8. The summed E-state index contributed by atoms with van der Waals surface area (Å²) >= 11 is 0. The highest BCUT2D eigenvalue weighted by molar-refractivity contribution is 7.89. The lowest BCUT2D eigenvalue weighted by Crippen LogP contribution is -2.48. The maximum atomic E-state index is 13.3. The van der Waals surface area contributed by atoms with Crippen molar-refractivity contribution in [3.05, 3.63) is 72.1 Å². The lowest BCUT2D eigenvalue weighted by molar-refractivity contribution is 0.204. The lowest BCUT2D eigenvalue weighted by atomic mass is 10.2. The molecule has 2 aromatic carbocycles. The predicted molar refractivity (Wildman–Crippen MR) is 97.1 cm³/mol. The molecule has 132 valence electrons. The van der Waals surface area contributed by atoms with E-state index in [-0.39, 0.29) is 4.90 Å². The van der Waals surface area contributed by atoms with Crippen LogP contribution in [0.1, 0.15) is 5.56 Å². The van der Waals surface area contributed by atoms with Gasteiger partial charge in [-0.15, -0.1) is 0 Å². The molecule has 0 spiro atoms. The summed E-state index contributed by atoms with van der Waals surface area (Å²) in [6.45, 7) is 2.93. The van der Waals surface area contributed by atoms with Crippen molar-refractivity contribution in [2.24, 2.45) is 0 Å². The summed E-state index contributed by atoms with van der Waals surface area (Å²) in [5.41, 5.74) is 1.15. The Kier molecular flexibility index (Phi) is 5.63. The molecule has 1 aliphatic rings. The van der Waals surface area contributed by atoms with E-state index in [1.807, 2.05) is 30.3 Å². The summed E-state index contributed by atoms with van der Waals surface area (Å²) in [6, 6.07) is 15.2. The van der Waals surface area contributed by atoms with E-state index in [0.717, 1.165) is 18.2 Å². The van der Waals surface area contributed by atoms with Crippen molar-refractivity contribution in [3.8, 4) is 0 Å². The Hall–Kier alpha value is -2.02. The number of nitrogens with zero attached hydrogens (tertiary/aromatic N) is 2. The molecule has 3 rings (SSSR count). The first-order valence-electron chi connectivity index (χ1n) is 8.25. The molecular formula is C19H21FN2O2S. The fourth-order valence-corrected chi connectivity index (χ4v) is 4.29. The highest BCUT2D eigenvalue weighted by Gasteiger charge is 2.28. The van der Waals surface area contributed by atoms with Gasteiger partial charge in [0.15, 0.2) is 0 Å². The smallest absolute Gasteiger partial charge is 0.243 e. The van der Waals surface area contributed by atoms with Gasteiger partial charge in [0.2, 0.25) is 10.0 Å². The van der Waals surface area contributed by atoms with Crippen LogP contribution >= 0.6 is 0 Å². The number of halogens is 1. The first-order chi connectivity index (χ1) is 12.1. The van der Waals surface area contributed by atoms with Gasteiger partial charge in [-0.25, -0.2) is 12.8 Å². The molecule has 25 heavy (non-hydrogen) atoms. The van der Waals surface area contributed by atoms with E-state index in [2.05, 4.69) is 17.1 Å². The zero-order valence-electron chi connectivity index (χ0n) is 13.9. The minimum Gasteiger partial charge on any atom is -0.297 e. The monoisotopic (exact) mass is 360 g/mol. The van der Waals surface area contributed by atoms with Gasteiger partial charge in [-0.05, 0) is 23.8 Å². The van der Waals surface area contributed by atoms with Crippen LogP contribution in [0.2, 0.25) is 0 Å². The molecule has 1 fully saturated rings. The van der Waals surface area contributed by atoms with Gasteiger partial charge in [-0.3, -0.25) is 4.90 Å². The molecule has 0 saturated carbocycles. The highest BCUT2D eigenvalue weighted by atomic mass is 32.2. The van der Waals surface area contributed by atoms with Gasteiger partial charge in [0, 0.05) is 32.7 Å². The molecule has 4 nitrogen and oxygen atoms in total. The molecule has 0 aromatic heterocycles. The molecule has 1 heterocycles. The molecule has 0 radical (unpaired) electrons. The first-order valence-corrected chi connectivity index (χ1v) is 9.69. The second-order valence-corrected chi connectivity index (χ2v) is 7.91. The van der Waals surface area contributed by atoms with Gasteiger partial charge in [0.05, 0.1) is 4.90 Å². The molecule has 0 amide bonds. The zero-order chi connectivity index (χ0) is 17.7. The van der Waals surface area contributed by atoms with Gasteiger partial charge < -0.3 is 0 Å². The van der Waals surface area contributed by atoms with Crippen molar-refractivity contribution in [2.75, 3.05) is 32.7 Å². The van der Waals surface area contributed by atoms with Gasteiger partial charge in [0.25, 0.3) is 0 Å². The van der Waals surface area contributed by atoms with E-state index < -0.39 is 15.8 Å². The Bertz CT molecular complexity index is 830. The Balaban J connectivity index is 1.56. The van der Waals surface area contributed by atoms with Gasteiger partial charge in [0.1, 0.15) is 5.82 Å².